The molecule has 2 aromatic carbocycles. The number of aromatic nitrogens is 4. The zero-order chi connectivity index (χ0) is 47.2. The summed E-state index contributed by atoms with van der Waals surface area (Å²) in [5, 5.41) is 6.37. The maximum Gasteiger partial charge on any atom is 0.410 e. The van der Waals surface area contributed by atoms with E-state index in [0.29, 0.717) is 37.8 Å². The SMILES string of the molecule is CC(C)(C)[C@H](NC(=O)[C@](C)(OC(=O)N1CCC1)C(C)(C)C)c1nc(-c2ccc(-c3ccc(-c4c[nH]c([C@@H](NC(=O)[C@](C)(OC(=O)N5CCC5)C(C)(C)C)C(C)(C)C)n4)cc3)cc2)c[nH]1. The average molecular weight is 879 g/mol. The van der Waals surface area contributed by atoms with Gasteiger partial charge in [-0.3, -0.25) is 9.59 Å². The molecule has 2 fully saturated rings. The third-order valence-corrected chi connectivity index (χ3v) is 13.3. The van der Waals surface area contributed by atoms with Crippen LogP contribution in [0.5, 0.6) is 0 Å². The van der Waals surface area contributed by atoms with Gasteiger partial charge < -0.3 is 39.9 Å². The standard InChI is InChI=1S/C50H70N8O6/c1-45(2,3)37(55-41(59)49(13,47(7,8)9)63-43(61)57-25-15-26-57)39-51-29-35(53-39)33-21-17-31(18-22-33)32-19-23-34(24-20-32)36-30-52-40(54-36)38(46(4,5)6)56-42(60)50(14,48(10,11)12)64-44(62)58-27-16-28-58/h17-24,29-30,37-38H,15-16,25-28H2,1-14H3,(H,51,53)(H,52,54)(H,55,59)(H,56,60)/t37-,38-,49+,50+/m1/s1. The van der Waals surface area contributed by atoms with Gasteiger partial charge in [0.15, 0.2) is 11.2 Å². The maximum atomic E-state index is 14.1. The number of aromatic amines is 2. The Morgan fingerprint density at radius 2 is 0.812 bits per heavy atom. The van der Waals surface area contributed by atoms with Crippen LogP contribution in [-0.2, 0) is 19.1 Å². The summed E-state index contributed by atoms with van der Waals surface area (Å²) in [6.45, 7) is 29.5. The first-order chi connectivity index (χ1) is 29.6. The molecule has 4 atom stereocenters. The minimum atomic E-state index is -1.43. The first-order valence-electron chi connectivity index (χ1n) is 22.5. The molecule has 6 rings (SSSR count). The first-order valence-corrected chi connectivity index (χ1v) is 22.5. The van der Waals surface area contributed by atoms with E-state index in [9.17, 15) is 19.2 Å². The Morgan fingerprint density at radius 1 is 0.516 bits per heavy atom. The van der Waals surface area contributed by atoms with E-state index in [4.69, 9.17) is 19.4 Å². The number of ether oxygens (including phenoxy) is 2. The van der Waals surface area contributed by atoms with Crippen molar-refractivity contribution in [2.45, 2.75) is 133 Å². The van der Waals surface area contributed by atoms with Crippen molar-refractivity contribution in [2.75, 3.05) is 26.2 Å². The zero-order valence-corrected chi connectivity index (χ0v) is 40.4. The van der Waals surface area contributed by atoms with Crippen molar-refractivity contribution in [1.29, 1.82) is 0 Å². The number of amides is 4. The van der Waals surface area contributed by atoms with E-state index in [1.807, 2.05) is 120 Å². The molecule has 2 aliphatic rings. The first kappa shape index (κ1) is 47.8. The number of nitrogens with one attached hydrogen (secondary N) is 4. The van der Waals surface area contributed by atoms with E-state index in [1.165, 1.54) is 0 Å². The average Bonchev–Trinajstić information content (AvgIpc) is 3.83. The van der Waals surface area contributed by atoms with Gasteiger partial charge in [0.25, 0.3) is 11.8 Å². The Labute approximate surface area is 379 Å². The van der Waals surface area contributed by atoms with Gasteiger partial charge in [0.05, 0.1) is 23.5 Å². The number of hydrogen-bond donors (Lipinski definition) is 4. The van der Waals surface area contributed by atoms with Crippen molar-refractivity contribution in [1.82, 2.24) is 40.4 Å². The molecule has 0 radical (unpaired) electrons. The molecule has 4 amide bonds. The topological polar surface area (TPSA) is 175 Å². The normalized spacial score (nSPS) is 17.5. The van der Waals surface area contributed by atoms with Gasteiger partial charge in [-0.1, -0.05) is 132 Å². The van der Waals surface area contributed by atoms with Gasteiger partial charge in [0, 0.05) is 60.5 Å². The van der Waals surface area contributed by atoms with E-state index in [2.05, 4.69) is 44.9 Å². The number of H-pyrrole nitrogens is 2. The van der Waals surface area contributed by atoms with E-state index >= 15 is 0 Å². The molecule has 0 saturated carbocycles. The molecule has 4 aromatic rings. The number of carbonyl (C=O) groups is 4. The molecule has 2 saturated heterocycles. The van der Waals surface area contributed by atoms with Gasteiger partial charge >= 0.3 is 12.2 Å². The highest BCUT2D eigenvalue weighted by atomic mass is 16.6. The fourth-order valence-corrected chi connectivity index (χ4v) is 7.42. The van der Waals surface area contributed by atoms with Gasteiger partial charge in [-0.25, -0.2) is 19.6 Å². The van der Waals surface area contributed by atoms with Crippen LogP contribution < -0.4 is 10.6 Å². The van der Waals surface area contributed by atoms with Crippen LogP contribution >= 0.6 is 0 Å². The Bertz CT molecular complexity index is 2150. The van der Waals surface area contributed by atoms with Gasteiger partial charge in [0.2, 0.25) is 0 Å². The third kappa shape index (κ3) is 9.85. The molecule has 346 valence electrons. The van der Waals surface area contributed by atoms with Gasteiger partial charge in [0.1, 0.15) is 11.6 Å². The third-order valence-electron chi connectivity index (χ3n) is 13.3. The number of rotatable bonds is 11. The Kier molecular flexibility index (Phi) is 13.0. The summed E-state index contributed by atoms with van der Waals surface area (Å²) in [4.78, 5) is 73.8. The molecule has 0 aliphatic carbocycles. The van der Waals surface area contributed by atoms with Crippen molar-refractivity contribution < 1.29 is 28.7 Å². The molecule has 0 unspecified atom stereocenters. The largest absolute Gasteiger partial charge is 0.432 e. The summed E-state index contributed by atoms with van der Waals surface area (Å²) < 4.78 is 11.9. The number of nitrogens with zero attached hydrogens (tertiary/aromatic N) is 4. The molecule has 14 nitrogen and oxygen atoms in total. The fourth-order valence-electron chi connectivity index (χ4n) is 7.42. The highest BCUT2D eigenvalue weighted by Gasteiger charge is 2.52. The van der Waals surface area contributed by atoms with Gasteiger partial charge in [-0.05, 0) is 48.6 Å². The van der Waals surface area contributed by atoms with E-state index < -0.39 is 57.1 Å². The van der Waals surface area contributed by atoms with E-state index in [1.54, 1.807) is 23.6 Å². The minimum absolute atomic E-state index is 0.380. The molecule has 64 heavy (non-hydrogen) atoms. The number of imidazole rings is 2. The number of hydrogen-bond acceptors (Lipinski definition) is 8. The molecule has 0 spiro atoms. The van der Waals surface area contributed by atoms with Crippen LogP contribution in [0.15, 0.2) is 60.9 Å². The molecule has 2 aliphatic heterocycles. The minimum Gasteiger partial charge on any atom is -0.432 e. The van der Waals surface area contributed by atoms with Crippen molar-refractivity contribution >= 4 is 24.0 Å². The highest BCUT2D eigenvalue weighted by Crippen LogP contribution is 2.40. The van der Waals surface area contributed by atoms with Gasteiger partial charge in [-0.15, -0.1) is 0 Å². The van der Waals surface area contributed by atoms with Crippen LogP contribution in [0.3, 0.4) is 0 Å². The predicted octanol–water partition coefficient (Wildman–Crippen LogP) is 9.83. The molecule has 2 aromatic heterocycles. The Balaban J connectivity index is 1.15. The second-order valence-electron chi connectivity index (χ2n) is 22.0. The smallest absolute Gasteiger partial charge is 0.410 e. The van der Waals surface area contributed by atoms with Crippen LogP contribution in [0.2, 0.25) is 0 Å². The lowest BCUT2D eigenvalue weighted by Gasteiger charge is -2.43. The van der Waals surface area contributed by atoms with Crippen molar-refractivity contribution in [3.05, 3.63) is 72.6 Å². The van der Waals surface area contributed by atoms with E-state index in [-0.39, 0.29) is 11.8 Å². The molecule has 4 N–H and O–H groups in total. The number of benzene rings is 2. The molecular weight excluding hydrogens is 809 g/mol. The van der Waals surface area contributed by atoms with Crippen LogP contribution in [0, 0.1) is 21.7 Å². The predicted molar refractivity (Wildman–Crippen MR) is 249 cm³/mol. The van der Waals surface area contributed by atoms with Crippen molar-refractivity contribution in [3.8, 4) is 33.6 Å². The van der Waals surface area contributed by atoms with E-state index in [0.717, 1.165) is 46.5 Å². The number of carbonyl (C=O) groups excluding carboxylic acids is 4. The Morgan fingerprint density at radius 3 is 1.06 bits per heavy atom. The number of likely N-dealkylation sites (tertiary alicyclic amines) is 2. The lowest BCUT2D eigenvalue weighted by molar-refractivity contribution is -0.154. The summed E-state index contributed by atoms with van der Waals surface area (Å²) in [7, 11) is 0. The lowest BCUT2D eigenvalue weighted by Crippen LogP contribution is -2.59. The van der Waals surface area contributed by atoms with Crippen LogP contribution in [0.1, 0.15) is 134 Å². The van der Waals surface area contributed by atoms with Crippen molar-refractivity contribution in [2.24, 2.45) is 21.7 Å². The van der Waals surface area contributed by atoms with Gasteiger partial charge in [-0.2, -0.15) is 0 Å². The summed E-state index contributed by atoms with van der Waals surface area (Å²) in [5.41, 5.74) is 0.259. The Hall–Kier alpha value is -5.66. The summed E-state index contributed by atoms with van der Waals surface area (Å²) in [5.74, 6) is 0.445. The quantitative estimate of drug-likeness (QED) is 0.115. The van der Waals surface area contributed by atoms with Crippen LogP contribution in [0.25, 0.3) is 33.6 Å². The van der Waals surface area contributed by atoms with Crippen molar-refractivity contribution in [3.63, 3.8) is 0 Å². The monoisotopic (exact) mass is 879 g/mol. The zero-order valence-electron chi connectivity index (χ0n) is 40.4. The van der Waals surface area contributed by atoms with Crippen LogP contribution in [0.4, 0.5) is 9.59 Å². The molecule has 14 heteroatoms. The second-order valence-corrected chi connectivity index (χ2v) is 22.0. The fraction of sp³-hybridized carbons (Fsp3) is 0.560. The summed E-state index contributed by atoms with van der Waals surface area (Å²) in [6, 6.07) is 15.3. The summed E-state index contributed by atoms with van der Waals surface area (Å²) >= 11 is 0. The molecule has 4 heterocycles. The second kappa shape index (κ2) is 17.4. The van der Waals surface area contributed by atoms with Crippen LogP contribution in [-0.4, -0.2) is 91.1 Å². The highest BCUT2D eigenvalue weighted by molar-refractivity contribution is 5.89. The maximum absolute atomic E-state index is 14.1. The lowest BCUT2D eigenvalue weighted by atomic mass is 9.76. The molecular formula is C50H70N8O6. The molecule has 0 bridgehead atoms. The summed E-state index contributed by atoms with van der Waals surface area (Å²) in [6.07, 6.45) is 4.59.